The largest absolute Gasteiger partial charge is 0.454 e. The minimum absolute atomic E-state index is 0.0725. The molecule has 0 bridgehead atoms. The number of benzene rings is 1. The number of hydrogen-bond acceptors (Lipinski definition) is 8. The van der Waals surface area contributed by atoms with Gasteiger partial charge in [-0.05, 0) is 13.0 Å². The summed E-state index contributed by atoms with van der Waals surface area (Å²) in [5, 5.41) is 9.36. The normalized spacial score (nSPS) is 12.2. The number of anilines is 2. The minimum Gasteiger partial charge on any atom is -0.454 e. The number of nitrogens with two attached hydrogens (primary N) is 1. The van der Waals surface area contributed by atoms with Crippen molar-refractivity contribution in [1.82, 2.24) is 15.2 Å². The fourth-order valence-corrected chi connectivity index (χ4v) is 2.58. The van der Waals surface area contributed by atoms with Gasteiger partial charge in [-0.1, -0.05) is 11.8 Å². The lowest BCUT2D eigenvalue weighted by Gasteiger charge is -2.10. The van der Waals surface area contributed by atoms with E-state index in [1.807, 2.05) is 0 Å². The summed E-state index contributed by atoms with van der Waals surface area (Å²) in [6.45, 7) is 1.50. The molecule has 120 valence electrons. The molecule has 1 aromatic carbocycles. The SMILES string of the molecule is CC(=O)c1cc2c(cc1NC(=O)CSc1n[nH]c(N)n1)OCO2. The lowest BCUT2D eigenvalue weighted by atomic mass is 10.1. The second-order valence-electron chi connectivity index (χ2n) is 4.65. The highest BCUT2D eigenvalue weighted by atomic mass is 32.2. The number of nitrogen functional groups attached to an aromatic ring is 1. The Kier molecular flexibility index (Phi) is 4.06. The number of carbonyl (C=O) groups is 2. The Morgan fingerprint density at radius 1 is 1.39 bits per heavy atom. The molecule has 3 rings (SSSR count). The Morgan fingerprint density at radius 2 is 2.13 bits per heavy atom. The van der Waals surface area contributed by atoms with E-state index in [0.717, 1.165) is 11.8 Å². The van der Waals surface area contributed by atoms with E-state index in [-0.39, 0.29) is 30.2 Å². The van der Waals surface area contributed by atoms with Gasteiger partial charge in [0.1, 0.15) is 0 Å². The highest BCUT2D eigenvalue weighted by Crippen LogP contribution is 2.37. The third-order valence-corrected chi connectivity index (χ3v) is 3.83. The molecule has 23 heavy (non-hydrogen) atoms. The molecule has 2 aromatic rings. The van der Waals surface area contributed by atoms with Crippen LogP contribution in [-0.4, -0.2) is 39.4 Å². The van der Waals surface area contributed by atoms with Gasteiger partial charge < -0.3 is 20.5 Å². The Hall–Kier alpha value is -2.75. The van der Waals surface area contributed by atoms with Crippen molar-refractivity contribution in [2.75, 3.05) is 23.6 Å². The number of nitrogens with zero attached hydrogens (tertiary/aromatic N) is 2. The van der Waals surface area contributed by atoms with Crippen LogP contribution in [0, 0.1) is 0 Å². The Bertz CT molecular complexity index is 776. The van der Waals surface area contributed by atoms with Gasteiger partial charge in [-0.2, -0.15) is 4.98 Å². The summed E-state index contributed by atoms with van der Waals surface area (Å²) in [6.07, 6.45) is 0. The number of carbonyl (C=O) groups excluding carboxylic acids is 2. The first-order chi connectivity index (χ1) is 11.0. The van der Waals surface area contributed by atoms with E-state index in [1.165, 1.54) is 6.92 Å². The van der Waals surface area contributed by atoms with Gasteiger partial charge in [0, 0.05) is 11.6 Å². The number of fused-ring (bicyclic) bond motifs is 1. The van der Waals surface area contributed by atoms with E-state index in [1.54, 1.807) is 12.1 Å². The molecule has 0 fully saturated rings. The van der Waals surface area contributed by atoms with Crippen molar-refractivity contribution in [3.05, 3.63) is 17.7 Å². The summed E-state index contributed by atoms with van der Waals surface area (Å²) in [5.41, 5.74) is 6.14. The van der Waals surface area contributed by atoms with Gasteiger partial charge in [-0.15, -0.1) is 5.10 Å². The first-order valence-corrected chi connectivity index (χ1v) is 7.56. The van der Waals surface area contributed by atoms with Crippen LogP contribution in [0.5, 0.6) is 11.5 Å². The molecule has 1 aromatic heterocycles. The molecule has 4 N–H and O–H groups in total. The van der Waals surface area contributed by atoms with Gasteiger partial charge in [-0.3, -0.25) is 9.59 Å². The van der Waals surface area contributed by atoms with Crippen LogP contribution in [0.3, 0.4) is 0 Å². The van der Waals surface area contributed by atoms with E-state index >= 15 is 0 Å². The molecule has 0 saturated carbocycles. The number of aromatic nitrogens is 3. The smallest absolute Gasteiger partial charge is 0.234 e. The van der Waals surface area contributed by atoms with Gasteiger partial charge in [0.25, 0.3) is 0 Å². The number of aromatic amines is 1. The Balaban J connectivity index is 1.71. The van der Waals surface area contributed by atoms with Gasteiger partial charge in [-0.25, -0.2) is 5.10 Å². The number of H-pyrrole nitrogens is 1. The van der Waals surface area contributed by atoms with E-state index in [0.29, 0.717) is 27.9 Å². The number of thioether (sulfide) groups is 1. The van der Waals surface area contributed by atoms with Crippen molar-refractivity contribution in [3.8, 4) is 11.5 Å². The Morgan fingerprint density at radius 3 is 2.78 bits per heavy atom. The number of rotatable bonds is 5. The maximum atomic E-state index is 12.1. The molecule has 1 aliphatic heterocycles. The average Bonchev–Trinajstić information content (AvgIpc) is 3.12. The fraction of sp³-hybridized carbons (Fsp3) is 0.231. The molecule has 1 aliphatic rings. The van der Waals surface area contributed by atoms with E-state index in [2.05, 4.69) is 20.5 Å². The van der Waals surface area contributed by atoms with Crippen LogP contribution in [0.4, 0.5) is 11.6 Å². The molecule has 0 atom stereocenters. The third kappa shape index (κ3) is 3.37. The summed E-state index contributed by atoms with van der Waals surface area (Å²) in [7, 11) is 0. The third-order valence-electron chi connectivity index (χ3n) is 2.98. The van der Waals surface area contributed by atoms with Crippen LogP contribution >= 0.6 is 11.8 Å². The molecule has 2 heterocycles. The zero-order valence-electron chi connectivity index (χ0n) is 12.1. The minimum atomic E-state index is -0.306. The molecule has 0 saturated heterocycles. The monoisotopic (exact) mass is 335 g/mol. The van der Waals surface area contributed by atoms with Crippen LogP contribution in [-0.2, 0) is 4.79 Å². The highest BCUT2D eigenvalue weighted by Gasteiger charge is 2.20. The number of ketones is 1. The van der Waals surface area contributed by atoms with Gasteiger partial charge in [0.2, 0.25) is 23.8 Å². The summed E-state index contributed by atoms with van der Waals surface area (Å²) >= 11 is 1.12. The molecular weight excluding hydrogens is 322 g/mol. The zero-order valence-corrected chi connectivity index (χ0v) is 12.9. The lowest BCUT2D eigenvalue weighted by molar-refractivity contribution is -0.113. The van der Waals surface area contributed by atoms with Crippen molar-refractivity contribution in [3.63, 3.8) is 0 Å². The van der Waals surface area contributed by atoms with Crippen LogP contribution in [0.2, 0.25) is 0 Å². The van der Waals surface area contributed by atoms with Crippen LogP contribution in [0.15, 0.2) is 17.3 Å². The molecular formula is C13H13N5O4S. The number of amides is 1. The van der Waals surface area contributed by atoms with Crippen molar-refractivity contribution < 1.29 is 19.1 Å². The number of nitrogens with one attached hydrogen (secondary N) is 2. The quantitative estimate of drug-likeness (QED) is 0.545. The maximum absolute atomic E-state index is 12.1. The average molecular weight is 335 g/mol. The van der Waals surface area contributed by atoms with Crippen molar-refractivity contribution in [1.29, 1.82) is 0 Å². The summed E-state index contributed by atoms with van der Waals surface area (Å²) in [5.74, 6) is 0.733. The molecule has 0 spiro atoms. The Labute approximate surface area is 134 Å². The maximum Gasteiger partial charge on any atom is 0.234 e. The molecule has 10 heteroatoms. The zero-order chi connectivity index (χ0) is 16.4. The first kappa shape index (κ1) is 15.2. The van der Waals surface area contributed by atoms with Crippen molar-refractivity contribution in [2.45, 2.75) is 12.1 Å². The predicted octanol–water partition coefficient (Wildman–Crippen LogP) is 1.05. The number of Topliss-reactive ketones (excluding diaryl/α,β-unsaturated/α-hetero) is 1. The number of hydrogen-bond donors (Lipinski definition) is 3. The summed E-state index contributed by atoms with van der Waals surface area (Å²) in [4.78, 5) is 27.7. The second-order valence-corrected chi connectivity index (χ2v) is 5.59. The van der Waals surface area contributed by atoms with Crippen LogP contribution < -0.4 is 20.5 Å². The van der Waals surface area contributed by atoms with Crippen LogP contribution in [0.25, 0.3) is 0 Å². The fourth-order valence-electron chi connectivity index (χ4n) is 1.98. The van der Waals surface area contributed by atoms with E-state index < -0.39 is 0 Å². The topological polar surface area (TPSA) is 132 Å². The second kappa shape index (κ2) is 6.16. The van der Waals surface area contributed by atoms with Crippen molar-refractivity contribution >= 4 is 35.1 Å². The predicted molar refractivity (Wildman–Crippen MR) is 82.7 cm³/mol. The van der Waals surface area contributed by atoms with Gasteiger partial charge >= 0.3 is 0 Å². The van der Waals surface area contributed by atoms with E-state index in [4.69, 9.17) is 15.2 Å². The van der Waals surface area contributed by atoms with Crippen molar-refractivity contribution in [2.24, 2.45) is 0 Å². The van der Waals surface area contributed by atoms with Gasteiger partial charge in [0.15, 0.2) is 17.3 Å². The molecule has 1 amide bonds. The van der Waals surface area contributed by atoms with Crippen LogP contribution in [0.1, 0.15) is 17.3 Å². The summed E-state index contributed by atoms with van der Waals surface area (Å²) < 4.78 is 10.5. The molecule has 0 aliphatic carbocycles. The molecule has 0 radical (unpaired) electrons. The molecule has 0 unspecified atom stereocenters. The number of ether oxygens (including phenoxy) is 2. The standard InChI is InChI=1S/C13H13N5O4S/c1-6(19)7-2-9-10(22-5-21-9)3-8(7)15-11(20)4-23-13-16-12(14)17-18-13/h2-3H,4-5H2,1H3,(H,15,20)(H3,14,16,17,18). The van der Waals surface area contributed by atoms with Gasteiger partial charge in [0.05, 0.1) is 11.4 Å². The highest BCUT2D eigenvalue weighted by molar-refractivity contribution is 7.99. The summed E-state index contributed by atoms with van der Waals surface area (Å²) in [6, 6.07) is 3.13. The lowest BCUT2D eigenvalue weighted by Crippen LogP contribution is -2.16. The van der Waals surface area contributed by atoms with E-state index in [9.17, 15) is 9.59 Å². The molecule has 9 nitrogen and oxygen atoms in total. The first-order valence-electron chi connectivity index (χ1n) is 6.58.